The van der Waals surface area contributed by atoms with E-state index in [2.05, 4.69) is 15.7 Å². The normalized spacial score (nSPS) is 15.7. The zero-order valence-corrected chi connectivity index (χ0v) is 18.0. The maximum Gasteiger partial charge on any atom is 0.356 e. The van der Waals surface area contributed by atoms with E-state index in [9.17, 15) is 9.18 Å². The average molecular weight is 419 g/mol. The molecule has 0 aliphatic heterocycles. The van der Waals surface area contributed by atoms with Gasteiger partial charge in [-0.15, -0.1) is 0 Å². The lowest BCUT2D eigenvalue weighted by molar-refractivity contribution is 0.0490. The van der Waals surface area contributed by atoms with E-state index in [1.807, 2.05) is 33.8 Å². The van der Waals surface area contributed by atoms with Crippen molar-refractivity contribution >= 4 is 23.3 Å². The summed E-state index contributed by atoms with van der Waals surface area (Å²) in [5.41, 5.74) is 2.59. The molecule has 0 spiro atoms. The molecule has 0 saturated carbocycles. The Labute approximate surface area is 175 Å². The Morgan fingerprint density at radius 1 is 1.41 bits per heavy atom. The molecule has 3 rings (SSSR count). The van der Waals surface area contributed by atoms with Gasteiger partial charge in [-0.05, 0) is 76.0 Å². The Morgan fingerprint density at radius 3 is 2.90 bits per heavy atom. The number of halogens is 1. The Balaban J connectivity index is 1.46. The van der Waals surface area contributed by atoms with Crippen molar-refractivity contribution in [3.63, 3.8) is 0 Å². The molecule has 1 aliphatic rings. The number of esters is 1. The first-order valence-electron chi connectivity index (χ1n) is 9.72. The molecule has 6 nitrogen and oxygen atoms in total. The summed E-state index contributed by atoms with van der Waals surface area (Å²) in [6.07, 6.45) is 1.49. The van der Waals surface area contributed by atoms with Crippen LogP contribution in [-0.4, -0.2) is 34.0 Å². The number of hydrogen-bond donors (Lipinski definition) is 2. The molecule has 0 fully saturated rings. The lowest BCUT2D eigenvalue weighted by atomic mass is 10.1. The van der Waals surface area contributed by atoms with E-state index < -0.39 is 5.97 Å². The number of benzene rings is 1. The molecule has 8 heteroatoms. The molecule has 29 heavy (non-hydrogen) atoms. The van der Waals surface area contributed by atoms with Gasteiger partial charge in [-0.1, -0.05) is 12.1 Å². The lowest BCUT2D eigenvalue weighted by Crippen LogP contribution is -2.39. The smallest absolute Gasteiger partial charge is 0.356 e. The second-order valence-electron chi connectivity index (χ2n) is 8.19. The van der Waals surface area contributed by atoms with Gasteiger partial charge in [-0.2, -0.15) is 5.10 Å². The number of thiocarbonyl (C=S) groups is 1. The molecule has 2 N–H and O–H groups in total. The summed E-state index contributed by atoms with van der Waals surface area (Å²) in [5, 5.41) is 11.1. The molecule has 1 aromatic carbocycles. The van der Waals surface area contributed by atoms with Crippen molar-refractivity contribution in [2.24, 2.45) is 0 Å². The van der Waals surface area contributed by atoms with Gasteiger partial charge in [0.1, 0.15) is 18.1 Å². The molecule has 0 saturated heterocycles. The molecule has 0 radical (unpaired) electrons. The number of nitrogens with one attached hydrogen (secondary N) is 2. The molecule has 1 aliphatic carbocycles. The second kappa shape index (κ2) is 8.49. The van der Waals surface area contributed by atoms with Gasteiger partial charge in [0.2, 0.25) is 0 Å². The SMILES string of the molecule is Cc1cc(C(=O)OCCNC(=S)NC2CCc3c(F)cccc32)n(C(C)(C)C)n1. The molecule has 156 valence electrons. The van der Waals surface area contributed by atoms with Gasteiger partial charge in [-0.25, -0.2) is 9.18 Å². The third-order valence-electron chi connectivity index (χ3n) is 4.82. The highest BCUT2D eigenvalue weighted by Gasteiger charge is 2.26. The van der Waals surface area contributed by atoms with Crippen molar-refractivity contribution in [2.75, 3.05) is 13.2 Å². The van der Waals surface area contributed by atoms with Gasteiger partial charge < -0.3 is 15.4 Å². The molecule has 1 unspecified atom stereocenters. The minimum atomic E-state index is -0.415. The molecule has 0 amide bonds. The number of fused-ring (bicyclic) bond motifs is 1. The number of carbonyl (C=O) groups excluding carboxylic acids is 1. The van der Waals surface area contributed by atoms with Crippen LogP contribution in [0, 0.1) is 12.7 Å². The number of carbonyl (C=O) groups is 1. The van der Waals surface area contributed by atoms with Crippen molar-refractivity contribution in [1.82, 2.24) is 20.4 Å². The number of ether oxygens (including phenoxy) is 1. The summed E-state index contributed by atoms with van der Waals surface area (Å²) in [6, 6.07) is 6.85. The fourth-order valence-corrected chi connectivity index (χ4v) is 3.75. The van der Waals surface area contributed by atoms with E-state index in [0.29, 0.717) is 23.8 Å². The van der Waals surface area contributed by atoms with E-state index in [0.717, 1.165) is 23.2 Å². The Morgan fingerprint density at radius 2 is 2.17 bits per heavy atom. The topological polar surface area (TPSA) is 68.2 Å². The van der Waals surface area contributed by atoms with Crippen molar-refractivity contribution in [3.05, 3.63) is 52.6 Å². The van der Waals surface area contributed by atoms with Crippen LogP contribution in [0.1, 0.15) is 60.5 Å². The summed E-state index contributed by atoms with van der Waals surface area (Å²) >= 11 is 5.33. The first kappa shape index (κ1) is 21.2. The van der Waals surface area contributed by atoms with Crippen LogP contribution in [-0.2, 0) is 16.7 Å². The van der Waals surface area contributed by atoms with Gasteiger partial charge in [0.15, 0.2) is 5.11 Å². The Kier molecular flexibility index (Phi) is 6.21. The maximum atomic E-state index is 13.8. The van der Waals surface area contributed by atoms with Crippen LogP contribution in [0.2, 0.25) is 0 Å². The molecular weight excluding hydrogens is 391 g/mol. The molecule has 1 heterocycles. The number of hydrogen-bond acceptors (Lipinski definition) is 4. The number of aromatic nitrogens is 2. The summed E-state index contributed by atoms with van der Waals surface area (Å²) in [5.74, 6) is -0.580. The van der Waals surface area contributed by atoms with E-state index in [1.165, 1.54) is 6.07 Å². The highest BCUT2D eigenvalue weighted by Crippen LogP contribution is 2.32. The average Bonchev–Trinajstić information content (AvgIpc) is 3.23. The van der Waals surface area contributed by atoms with E-state index in [-0.39, 0.29) is 24.0 Å². The fourth-order valence-electron chi connectivity index (χ4n) is 3.51. The van der Waals surface area contributed by atoms with E-state index >= 15 is 0 Å². The van der Waals surface area contributed by atoms with Crippen molar-refractivity contribution < 1.29 is 13.9 Å². The van der Waals surface area contributed by atoms with Gasteiger partial charge >= 0.3 is 5.97 Å². The van der Waals surface area contributed by atoms with Crippen LogP contribution in [0.25, 0.3) is 0 Å². The van der Waals surface area contributed by atoms with Crippen molar-refractivity contribution in [1.29, 1.82) is 0 Å². The van der Waals surface area contributed by atoms with Crippen molar-refractivity contribution in [2.45, 2.75) is 52.1 Å². The fraction of sp³-hybridized carbons (Fsp3) is 0.476. The predicted octanol–water partition coefficient (Wildman–Crippen LogP) is 3.39. The first-order valence-corrected chi connectivity index (χ1v) is 10.1. The molecule has 2 aromatic rings. The van der Waals surface area contributed by atoms with Crippen LogP contribution >= 0.6 is 12.2 Å². The maximum absolute atomic E-state index is 13.8. The number of nitrogens with zero attached hydrogens (tertiary/aromatic N) is 2. The molecular formula is C21H27FN4O2S. The van der Waals surface area contributed by atoms with Crippen LogP contribution in [0.5, 0.6) is 0 Å². The van der Waals surface area contributed by atoms with Crippen LogP contribution < -0.4 is 10.6 Å². The predicted molar refractivity (Wildman–Crippen MR) is 113 cm³/mol. The minimum Gasteiger partial charge on any atom is -0.459 e. The highest BCUT2D eigenvalue weighted by atomic mass is 32.1. The van der Waals surface area contributed by atoms with Crippen LogP contribution in [0.4, 0.5) is 4.39 Å². The van der Waals surface area contributed by atoms with Gasteiger partial charge in [-0.3, -0.25) is 4.68 Å². The summed E-state index contributed by atoms with van der Waals surface area (Å²) in [6.45, 7) is 8.34. The molecule has 0 bridgehead atoms. The third kappa shape index (κ3) is 4.93. The largest absolute Gasteiger partial charge is 0.459 e. The first-order chi connectivity index (χ1) is 13.7. The zero-order valence-electron chi connectivity index (χ0n) is 17.2. The summed E-state index contributed by atoms with van der Waals surface area (Å²) in [7, 11) is 0. The number of rotatable bonds is 5. The third-order valence-corrected chi connectivity index (χ3v) is 5.08. The lowest BCUT2D eigenvalue weighted by Gasteiger charge is -2.21. The number of aryl methyl sites for hydroxylation is 1. The second-order valence-corrected chi connectivity index (χ2v) is 8.60. The summed E-state index contributed by atoms with van der Waals surface area (Å²) in [4.78, 5) is 12.4. The Bertz CT molecular complexity index is 920. The van der Waals surface area contributed by atoms with Crippen molar-refractivity contribution in [3.8, 4) is 0 Å². The quantitative estimate of drug-likeness (QED) is 0.441. The van der Waals surface area contributed by atoms with Gasteiger partial charge in [0.25, 0.3) is 0 Å². The van der Waals surface area contributed by atoms with Gasteiger partial charge in [0, 0.05) is 0 Å². The van der Waals surface area contributed by atoms with E-state index in [1.54, 1.807) is 16.8 Å². The minimum absolute atomic E-state index is 0.00707. The Hall–Kier alpha value is -2.48. The molecule has 1 atom stereocenters. The zero-order chi connectivity index (χ0) is 21.2. The summed E-state index contributed by atoms with van der Waals surface area (Å²) < 4.78 is 20.9. The monoisotopic (exact) mass is 418 g/mol. The van der Waals surface area contributed by atoms with Gasteiger partial charge in [0.05, 0.1) is 23.8 Å². The standard InChI is InChI=1S/C21H27FN4O2S/c1-13-12-18(26(25-13)21(2,3)4)19(27)28-11-10-23-20(29)24-17-9-8-14-15(17)6-5-7-16(14)22/h5-7,12,17H,8-11H2,1-4H3,(H2,23,24,29). The van der Waals surface area contributed by atoms with Crippen LogP contribution in [0.3, 0.4) is 0 Å². The van der Waals surface area contributed by atoms with Crippen LogP contribution in [0.15, 0.2) is 24.3 Å². The highest BCUT2D eigenvalue weighted by molar-refractivity contribution is 7.80. The van der Waals surface area contributed by atoms with E-state index in [4.69, 9.17) is 17.0 Å². The molecule has 1 aromatic heterocycles.